The minimum absolute atomic E-state index is 0. The van der Waals surface area contributed by atoms with E-state index in [-0.39, 0.29) is 14.9 Å². The summed E-state index contributed by atoms with van der Waals surface area (Å²) in [5.74, 6) is 0. The highest BCUT2D eigenvalue weighted by atomic mass is 13.6. The smallest absolute Gasteiger partial charge is 0.0445 e. The van der Waals surface area contributed by atoms with E-state index in [9.17, 15) is 0 Å². The molecule has 40 valence electrons. The van der Waals surface area contributed by atoms with Crippen LogP contribution in [0, 0.1) is 0 Å². The van der Waals surface area contributed by atoms with Crippen molar-refractivity contribution < 1.29 is 0 Å². The highest BCUT2D eigenvalue weighted by Crippen LogP contribution is 1.73. The van der Waals surface area contributed by atoms with Gasteiger partial charge in [-0.3, -0.25) is 0 Å². The lowest BCUT2D eigenvalue weighted by Gasteiger charge is -1.65. The van der Waals surface area contributed by atoms with Crippen LogP contribution in [0.1, 0.15) is 28.7 Å². The van der Waals surface area contributed by atoms with Crippen LogP contribution in [-0.2, 0) is 0 Å². The van der Waals surface area contributed by atoms with E-state index >= 15 is 0 Å². The molecule has 0 spiro atoms. The second-order valence-corrected chi connectivity index (χ2v) is 1.21. The molecular formula is C6H16. The summed E-state index contributed by atoms with van der Waals surface area (Å²) in [6.45, 7) is 7.50. The molecule has 0 radical (unpaired) electrons. The van der Waals surface area contributed by atoms with Crippen LogP contribution in [-0.4, -0.2) is 0 Å². The zero-order valence-corrected chi connectivity index (χ0v) is 3.21. The zero-order valence-electron chi connectivity index (χ0n) is 3.21. The van der Waals surface area contributed by atoms with E-state index in [2.05, 4.69) is 6.58 Å². The van der Waals surface area contributed by atoms with Crippen molar-refractivity contribution in [3.63, 3.8) is 0 Å². The minimum atomic E-state index is 0. The van der Waals surface area contributed by atoms with Crippen LogP contribution in [0.2, 0.25) is 0 Å². The third kappa shape index (κ3) is 415. The monoisotopic (exact) mass is 88.1 g/mol. The fourth-order valence-corrected chi connectivity index (χ4v) is 0. The van der Waals surface area contributed by atoms with Gasteiger partial charge in [-0.05, 0) is 13.8 Å². The summed E-state index contributed by atoms with van der Waals surface area (Å²) < 4.78 is 0. The highest BCUT2D eigenvalue weighted by Gasteiger charge is 1.51. The fourth-order valence-electron chi connectivity index (χ4n) is 0. The van der Waals surface area contributed by atoms with Gasteiger partial charge in [0.1, 0.15) is 0 Å². The summed E-state index contributed by atoms with van der Waals surface area (Å²) >= 11 is 0. The van der Waals surface area contributed by atoms with Gasteiger partial charge in [0.15, 0.2) is 0 Å². The van der Waals surface area contributed by atoms with Crippen LogP contribution >= 0.6 is 0 Å². The molecule has 0 amide bonds. The van der Waals surface area contributed by atoms with E-state index in [0.717, 1.165) is 0 Å². The topological polar surface area (TPSA) is 0 Å². The van der Waals surface area contributed by atoms with Gasteiger partial charge in [0.25, 0.3) is 0 Å². The van der Waals surface area contributed by atoms with Crippen molar-refractivity contribution in [2.24, 2.45) is 0 Å². The van der Waals surface area contributed by atoms with Crippen molar-refractivity contribution >= 4 is 0 Å². The first kappa shape index (κ1) is 17.2. The van der Waals surface area contributed by atoms with Gasteiger partial charge in [0, 0.05) is 0 Å². The molecule has 0 atom stereocenters. The van der Waals surface area contributed by atoms with Crippen LogP contribution in [0.5, 0.6) is 0 Å². The van der Waals surface area contributed by atoms with Crippen molar-refractivity contribution in [3.05, 3.63) is 12.2 Å². The Labute approximate surface area is 41.9 Å². The van der Waals surface area contributed by atoms with E-state index in [1.807, 2.05) is 13.8 Å². The molecule has 0 nitrogen and oxygen atoms in total. The largest absolute Gasteiger partial charge is 0.100 e. The summed E-state index contributed by atoms with van der Waals surface area (Å²) in [5.41, 5.74) is 1.17. The van der Waals surface area contributed by atoms with Crippen molar-refractivity contribution in [2.45, 2.75) is 28.7 Å². The van der Waals surface area contributed by atoms with Crippen LogP contribution in [0.15, 0.2) is 12.2 Å². The molecule has 0 heteroatoms. The summed E-state index contributed by atoms with van der Waals surface area (Å²) in [6, 6.07) is 0. The molecular weight excluding hydrogens is 72.1 g/mol. The van der Waals surface area contributed by atoms with Gasteiger partial charge in [0.2, 0.25) is 0 Å². The number of allylic oxidation sites excluding steroid dienone is 1. The average Bonchev–Trinajstić information content (AvgIpc) is 0.811. The van der Waals surface area contributed by atoms with Gasteiger partial charge in [-0.1, -0.05) is 20.4 Å². The molecule has 0 N–H and O–H groups in total. The fraction of sp³-hybridized carbons (Fsp3) is 0.667. The molecule has 0 aliphatic rings. The van der Waals surface area contributed by atoms with Crippen LogP contribution in [0.3, 0.4) is 0 Å². The Morgan fingerprint density at radius 2 is 1.17 bits per heavy atom. The summed E-state index contributed by atoms with van der Waals surface area (Å²) in [7, 11) is 0. The molecule has 0 aromatic rings. The molecule has 0 unspecified atom stereocenters. The van der Waals surface area contributed by atoms with Crippen molar-refractivity contribution in [1.29, 1.82) is 0 Å². The van der Waals surface area contributed by atoms with E-state index in [1.165, 1.54) is 5.57 Å². The normalized spacial score (nSPS) is 4.33. The predicted molar refractivity (Wildman–Crippen MR) is 33.9 cm³/mol. The van der Waals surface area contributed by atoms with E-state index in [1.54, 1.807) is 0 Å². The minimum Gasteiger partial charge on any atom is -0.100 e. The van der Waals surface area contributed by atoms with Crippen LogP contribution < -0.4 is 0 Å². The number of rotatable bonds is 0. The quantitative estimate of drug-likeness (QED) is 0.399. The first-order chi connectivity index (χ1) is 1.73. The van der Waals surface area contributed by atoms with E-state index in [0.29, 0.717) is 0 Å². The molecule has 0 saturated heterocycles. The van der Waals surface area contributed by atoms with Crippen molar-refractivity contribution in [1.82, 2.24) is 0 Å². The molecule has 0 rings (SSSR count). The first-order valence-corrected chi connectivity index (χ1v) is 1.35. The maximum atomic E-state index is 3.56. The number of hydrogen-bond acceptors (Lipinski definition) is 0. The molecule has 6 heavy (non-hydrogen) atoms. The molecule has 0 saturated carbocycles. The Morgan fingerprint density at radius 3 is 1.17 bits per heavy atom. The molecule has 0 aromatic heterocycles. The summed E-state index contributed by atoms with van der Waals surface area (Å²) in [6.07, 6.45) is 0. The van der Waals surface area contributed by atoms with Gasteiger partial charge in [-0.2, -0.15) is 0 Å². The zero-order chi connectivity index (χ0) is 3.58. The average molecular weight is 88.2 g/mol. The second-order valence-electron chi connectivity index (χ2n) is 1.21. The summed E-state index contributed by atoms with van der Waals surface area (Å²) in [4.78, 5) is 0. The molecule has 0 aliphatic carbocycles. The third-order valence-electron chi connectivity index (χ3n) is 0. The van der Waals surface area contributed by atoms with Crippen LogP contribution in [0.25, 0.3) is 0 Å². The maximum Gasteiger partial charge on any atom is -0.0445 e. The van der Waals surface area contributed by atoms with Gasteiger partial charge in [0.05, 0.1) is 0 Å². The molecule has 0 fully saturated rings. The number of hydrogen-bond donors (Lipinski definition) is 0. The van der Waals surface area contributed by atoms with Gasteiger partial charge >= 0.3 is 0 Å². The van der Waals surface area contributed by atoms with Gasteiger partial charge < -0.3 is 0 Å². The van der Waals surface area contributed by atoms with Crippen molar-refractivity contribution in [3.8, 4) is 0 Å². The molecule has 0 heterocycles. The Bertz CT molecular complexity index is 23.0. The molecule has 0 aromatic carbocycles. The lowest BCUT2D eigenvalue weighted by Crippen LogP contribution is -1.43. The highest BCUT2D eigenvalue weighted by molar-refractivity contribution is 4.78. The van der Waals surface area contributed by atoms with Gasteiger partial charge in [-0.15, -0.1) is 6.58 Å². The van der Waals surface area contributed by atoms with Gasteiger partial charge in [-0.25, -0.2) is 0 Å². The maximum absolute atomic E-state index is 3.56. The molecule has 0 aliphatic heterocycles. The Hall–Kier alpha value is -0.260. The predicted octanol–water partition coefficient (Wildman–Crippen LogP) is 2.85. The Morgan fingerprint density at radius 1 is 1.17 bits per heavy atom. The lowest BCUT2D eigenvalue weighted by atomic mass is 10.4. The van der Waals surface area contributed by atoms with E-state index in [4.69, 9.17) is 0 Å². The Balaban J connectivity index is -0.0000000450. The standard InChI is InChI=1S/C4H8.2CH4/c1-4(2)3;;/h1H2,2-3H3;2*1H4. The lowest BCUT2D eigenvalue weighted by molar-refractivity contribution is 1.42. The summed E-state index contributed by atoms with van der Waals surface area (Å²) in [5, 5.41) is 0. The Kier molecular flexibility index (Phi) is 25.3. The first-order valence-electron chi connectivity index (χ1n) is 1.35. The molecule has 0 bridgehead atoms. The third-order valence-corrected chi connectivity index (χ3v) is 0. The van der Waals surface area contributed by atoms with Crippen molar-refractivity contribution in [2.75, 3.05) is 0 Å². The van der Waals surface area contributed by atoms with Crippen LogP contribution in [0.4, 0.5) is 0 Å². The van der Waals surface area contributed by atoms with E-state index < -0.39 is 0 Å². The second kappa shape index (κ2) is 8.83. The SMILES string of the molecule is C.C.C=C(C)C.